The molecule has 1 N–H and O–H groups in total. The van der Waals surface area contributed by atoms with Gasteiger partial charge in [0.25, 0.3) is 0 Å². The fourth-order valence-corrected chi connectivity index (χ4v) is 1.99. The summed E-state index contributed by atoms with van der Waals surface area (Å²) in [6.07, 6.45) is 18.3. The summed E-state index contributed by atoms with van der Waals surface area (Å²) in [4.78, 5) is 10.3. The molecule has 20 heavy (non-hydrogen) atoms. The fraction of sp³-hybridized carbons (Fsp3) is 0.812. The van der Waals surface area contributed by atoms with Crippen LogP contribution in [0.15, 0.2) is 12.2 Å². The van der Waals surface area contributed by atoms with Gasteiger partial charge in [-0.3, -0.25) is 4.79 Å². The monoisotopic (exact) mass is 302 g/mol. The van der Waals surface area contributed by atoms with E-state index in [0.717, 1.165) is 12.8 Å². The number of hydrogen-bond donors (Lipinski definition) is 1. The van der Waals surface area contributed by atoms with Crippen LogP contribution in [-0.2, 0) is 4.79 Å². The zero-order valence-electron chi connectivity index (χ0n) is 12.0. The average Bonchev–Trinajstić information content (AvgIpc) is 2.34. The first kappa shape index (κ1) is 26.1. The third-order valence-electron chi connectivity index (χ3n) is 3.15. The molecular formula is C16H32Na2O2. The molecule has 0 aliphatic heterocycles. The number of rotatable bonds is 13. The average molecular weight is 302 g/mol. The second-order valence-corrected chi connectivity index (χ2v) is 5.02. The minimum absolute atomic E-state index is 0. The van der Waals surface area contributed by atoms with Crippen molar-refractivity contribution < 1.29 is 9.90 Å². The van der Waals surface area contributed by atoms with Crippen molar-refractivity contribution in [1.82, 2.24) is 0 Å². The Labute approximate surface area is 169 Å². The first-order valence-electron chi connectivity index (χ1n) is 7.64. The molecule has 110 valence electrons. The molecule has 0 heterocycles. The standard InChI is InChI=1S/C16H30O2.2Na.2H/c1-2-3-4-5-6-7-8-9-10-11-12-13-14-15-16(17)18;;;;/h7-8H,2-6,9-15H2,1H3,(H,17,18);;;;/b8-7-;;;;. The predicted octanol–water partition coefficient (Wildman–Crippen LogP) is 4.03. The maximum absolute atomic E-state index is 10.3. The van der Waals surface area contributed by atoms with Crippen molar-refractivity contribution in [3.63, 3.8) is 0 Å². The van der Waals surface area contributed by atoms with E-state index >= 15 is 0 Å². The zero-order chi connectivity index (χ0) is 13.5. The van der Waals surface area contributed by atoms with Crippen LogP contribution in [0.2, 0.25) is 0 Å². The van der Waals surface area contributed by atoms with Crippen molar-refractivity contribution in [3.05, 3.63) is 12.2 Å². The van der Waals surface area contributed by atoms with E-state index in [1.807, 2.05) is 0 Å². The number of carboxylic acid groups (broad SMARTS) is 1. The van der Waals surface area contributed by atoms with Crippen molar-refractivity contribution in [2.45, 2.75) is 84.0 Å². The van der Waals surface area contributed by atoms with E-state index in [1.54, 1.807) is 0 Å². The summed E-state index contributed by atoms with van der Waals surface area (Å²) in [5, 5.41) is 8.48. The van der Waals surface area contributed by atoms with Crippen LogP contribution in [0.5, 0.6) is 0 Å². The van der Waals surface area contributed by atoms with Crippen LogP contribution >= 0.6 is 0 Å². The normalized spacial score (nSPS) is 10.1. The van der Waals surface area contributed by atoms with Crippen molar-refractivity contribution in [3.8, 4) is 0 Å². The van der Waals surface area contributed by atoms with Gasteiger partial charge in [-0.25, -0.2) is 0 Å². The molecule has 0 aliphatic rings. The quantitative estimate of drug-likeness (QED) is 0.317. The molecular weight excluding hydrogens is 270 g/mol. The van der Waals surface area contributed by atoms with Crippen LogP contribution in [0, 0.1) is 0 Å². The van der Waals surface area contributed by atoms with E-state index in [-0.39, 0.29) is 59.1 Å². The van der Waals surface area contributed by atoms with E-state index in [0.29, 0.717) is 6.42 Å². The molecule has 0 saturated carbocycles. The van der Waals surface area contributed by atoms with Gasteiger partial charge in [-0.2, -0.15) is 0 Å². The van der Waals surface area contributed by atoms with Crippen LogP contribution in [0.4, 0.5) is 0 Å². The Morgan fingerprint density at radius 2 is 1.25 bits per heavy atom. The SMILES string of the molecule is CCCCCC/C=C\CCCCCCCC(=O)O.[NaH].[NaH]. The van der Waals surface area contributed by atoms with Gasteiger partial charge in [0, 0.05) is 6.42 Å². The van der Waals surface area contributed by atoms with Crippen molar-refractivity contribution in [2.24, 2.45) is 0 Å². The zero-order valence-corrected chi connectivity index (χ0v) is 12.0. The molecule has 0 bridgehead atoms. The molecule has 0 saturated heterocycles. The topological polar surface area (TPSA) is 37.3 Å². The molecule has 0 fully saturated rings. The second-order valence-electron chi connectivity index (χ2n) is 5.02. The van der Waals surface area contributed by atoms with Crippen molar-refractivity contribution >= 4 is 65.1 Å². The third kappa shape index (κ3) is 24.2. The van der Waals surface area contributed by atoms with E-state index in [4.69, 9.17) is 5.11 Å². The summed E-state index contributed by atoms with van der Waals surface area (Å²) in [5.41, 5.74) is 0. The summed E-state index contributed by atoms with van der Waals surface area (Å²) < 4.78 is 0. The first-order chi connectivity index (χ1) is 8.77. The van der Waals surface area contributed by atoms with Crippen LogP contribution in [0.1, 0.15) is 84.0 Å². The molecule has 4 heteroatoms. The minimum atomic E-state index is -0.666. The van der Waals surface area contributed by atoms with Crippen LogP contribution in [0.25, 0.3) is 0 Å². The Balaban J connectivity index is -0.00000144. The van der Waals surface area contributed by atoms with Crippen molar-refractivity contribution in [2.75, 3.05) is 0 Å². The molecule has 0 spiro atoms. The van der Waals surface area contributed by atoms with Gasteiger partial charge in [0.1, 0.15) is 0 Å². The van der Waals surface area contributed by atoms with Gasteiger partial charge in [-0.05, 0) is 32.1 Å². The molecule has 0 aromatic heterocycles. The molecule has 0 rings (SSSR count). The summed E-state index contributed by atoms with van der Waals surface area (Å²) in [5.74, 6) is -0.666. The van der Waals surface area contributed by atoms with Gasteiger partial charge in [-0.1, -0.05) is 57.6 Å². The Morgan fingerprint density at radius 1 is 0.800 bits per heavy atom. The van der Waals surface area contributed by atoms with Crippen LogP contribution in [0.3, 0.4) is 0 Å². The van der Waals surface area contributed by atoms with Gasteiger partial charge in [0.15, 0.2) is 0 Å². The molecule has 0 aromatic carbocycles. The van der Waals surface area contributed by atoms with Crippen LogP contribution < -0.4 is 0 Å². The molecule has 0 unspecified atom stereocenters. The van der Waals surface area contributed by atoms with E-state index in [2.05, 4.69) is 19.1 Å². The number of hydrogen-bond acceptors (Lipinski definition) is 1. The van der Waals surface area contributed by atoms with Crippen LogP contribution in [-0.4, -0.2) is 70.2 Å². The number of aliphatic carboxylic acids is 1. The van der Waals surface area contributed by atoms with E-state index < -0.39 is 5.97 Å². The van der Waals surface area contributed by atoms with Gasteiger partial charge in [0.05, 0.1) is 0 Å². The third-order valence-corrected chi connectivity index (χ3v) is 3.15. The summed E-state index contributed by atoms with van der Waals surface area (Å²) in [6.45, 7) is 2.24. The molecule has 0 aliphatic carbocycles. The number of carbonyl (C=O) groups is 1. The van der Waals surface area contributed by atoms with Gasteiger partial charge in [0.2, 0.25) is 0 Å². The Kier molecular flexibility index (Phi) is 29.4. The number of carboxylic acids is 1. The maximum atomic E-state index is 10.3. The van der Waals surface area contributed by atoms with Gasteiger partial charge >= 0.3 is 65.1 Å². The number of unbranched alkanes of at least 4 members (excludes halogenated alkanes) is 9. The summed E-state index contributed by atoms with van der Waals surface area (Å²) in [7, 11) is 0. The van der Waals surface area contributed by atoms with Gasteiger partial charge < -0.3 is 5.11 Å². The Morgan fingerprint density at radius 3 is 1.75 bits per heavy atom. The predicted molar refractivity (Wildman–Crippen MR) is 92.2 cm³/mol. The van der Waals surface area contributed by atoms with Crippen molar-refractivity contribution in [1.29, 1.82) is 0 Å². The second kappa shape index (κ2) is 22.5. The Bertz CT molecular complexity index is 219. The summed E-state index contributed by atoms with van der Waals surface area (Å²) >= 11 is 0. The van der Waals surface area contributed by atoms with E-state index in [9.17, 15) is 4.79 Å². The van der Waals surface area contributed by atoms with Gasteiger partial charge in [-0.15, -0.1) is 0 Å². The Hall–Kier alpha value is 1.21. The number of allylic oxidation sites excluding steroid dienone is 2. The molecule has 0 radical (unpaired) electrons. The fourth-order valence-electron chi connectivity index (χ4n) is 1.99. The first-order valence-corrected chi connectivity index (χ1v) is 7.64. The molecule has 0 amide bonds. The summed E-state index contributed by atoms with van der Waals surface area (Å²) in [6, 6.07) is 0. The van der Waals surface area contributed by atoms with E-state index in [1.165, 1.54) is 57.8 Å². The molecule has 0 aromatic rings. The molecule has 2 nitrogen and oxygen atoms in total. The molecule has 0 atom stereocenters.